The van der Waals surface area contributed by atoms with Crippen molar-refractivity contribution in [1.29, 1.82) is 5.26 Å². The SMILES string of the molecule is C=CCn1c(C)c(C#N)c(Br)c1-c1ccco1. The van der Waals surface area contributed by atoms with Crippen LogP contribution < -0.4 is 0 Å². The fourth-order valence-electron chi connectivity index (χ4n) is 1.84. The van der Waals surface area contributed by atoms with Gasteiger partial charge in [-0.25, -0.2) is 0 Å². The highest BCUT2D eigenvalue weighted by atomic mass is 79.9. The number of allylic oxidation sites excluding steroid dienone is 1. The molecule has 2 heterocycles. The van der Waals surface area contributed by atoms with Crippen molar-refractivity contribution < 1.29 is 4.42 Å². The monoisotopic (exact) mass is 290 g/mol. The third-order valence-corrected chi connectivity index (χ3v) is 3.41. The quantitative estimate of drug-likeness (QED) is 0.805. The van der Waals surface area contributed by atoms with Gasteiger partial charge in [0.2, 0.25) is 0 Å². The molecule has 0 aromatic carbocycles. The molecule has 0 radical (unpaired) electrons. The molecule has 3 nitrogen and oxygen atoms in total. The van der Waals surface area contributed by atoms with Crippen LogP contribution in [-0.2, 0) is 6.54 Å². The average Bonchev–Trinajstić information content (AvgIpc) is 2.88. The standard InChI is InChI=1S/C13H11BrN2O/c1-3-6-16-9(2)10(8-15)12(14)13(16)11-5-4-7-17-11/h3-5,7H,1,6H2,2H3. The molecule has 0 N–H and O–H groups in total. The van der Waals surface area contributed by atoms with Crippen LogP contribution in [0.25, 0.3) is 11.5 Å². The van der Waals surface area contributed by atoms with Gasteiger partial charge in [-0.15, -0.1) is 6.58 Å². The molecule has 0 atom stereocenters. The minimum absolute atomic E-state index is 0.637. The lowest BCUT2D eigenvalue weighted by Crippen LogP contribution is -1.99. The van der Waals surface area contributed by atoms with E-state index in [4.69, 9.17) is 9.68 Å². The number of hydrogen-bond donors (Lipinski definition) is 0. The maximum atomic E-state index is 9.15. The Kier molecular flexibility index (Phi) is 3.21. The molecular formula is C13H11BrN2O. The lowest BCUT2D eigenvalue weighted by Gasteiger charge is -2.06. The van der Waals surface area contributed by atoms with Crippen LogP contribution >= 0.6 is 15.9 Å². The molecule has 17 heavy (non-hydrogen) atoms. The van der Waals surface area contributed by atoms with Crippen LogP contribution in [0.2, 0.25) is 0 Å². The van der Waals surface area contributed by atoms with E-state index in [1.807, 2.05) is 23.6 Å². The third kappa shape index (κ3) is 1.83. The highest BCUT2D eigenvalue weighted by molar-refractivity contribution is 9.10. The zero-order valence-electron chi connectivity index (χ0n) is 9.40. The summed E-state index contributed by atoms with van der Waals surface area (Å²) >= 11 is 3.47. The smallest absolute Gasteiger partial charge is 0.151 e. The van der Waals surface area contributed by atoms with Gasteiger partial charge in [-0.2, -0.15) is 5.26 Å². The number of furan rings is 1. The summed E-state index contributed by atoms with van der Waals surface area (Å²) in [6.45, 7) is 6.29. The topological polar surface area (TPSA) is 41.9 Å². The molecule has 86 valence electrons. The predicted octanol–water partition coefficient (Wildman–Crippen LogP) is 3.88. The molecule has 0 aliphatic rings. The van der Waals surface area contributed by atoms with Crippen LogP contribution in [0.3, 0.4) is 0 Å². The Morgan fingerprint density at radius 2 is 2.41 bits per heavy atom. The number of hydrogen-bond acceptors (Lipinski definition) is 2. The summed E-state index contributed by atoms with van der Waals surface area (Å²) in [5.74, 6) is 0.739. The Balaban J connectivity index is 2.73. The lowest BCUT2D eigenvalue weighted by molar-refractivity contribution is 0.574. The second-order valence-electron chi connectivity index (χ2n) is 3.61. The van der Waals surface area contributed by atoms with Crippen molar-refractivity contribution in [2.75, 3.05) is 0 Å². The Labute approximate surface area is 108 Å². The molecule has 0 spiro atoms. The summed E-state index contributed by atoms with van der Waals surface area (Å²) in [5, 5.41) is 9.15. The van der Waals surface area contributed by atoms with Gasteiger partial charge in [0.25, 0.3) is 0 Å². The molecule has 4 heteroatoms. The molecule has 0 amide bonds. The first-order chi connectivity index (χ1) is 8.20. The van der Waals surface area contributed by atoms with Crippen LogP contribution in [-0.4, -0.2) is 4.57 Å². The van der Waals surface area contributed by atoms with Crippen molar-refractivity contribution in [2.45, 2.75) is 13.5 Å². The molecule has 0 aliphatic heterocycles. The van der Waals surface area contributed by atoms with E-state index in [2.05, 4.69) is 28.6 Å². The van der Waals surface area contributed by atoms with Crippen LogP contribution in [0.4, 0.5) is 0 Å². The van der Waals surface area contributed by atoms with Crippen LogP contribution in [0.5, 0.6) is 0 Å². The van der Waals surface area contributed by atoms with Gasteiger partial charge in [0.05, 0.1) is 16.3 Å². The highest BCUT2D eigenvalue weighted by Gasteiger charge is 2.20. The molecule has 0 aliphatic carbocycles. The van der Waals surface area contributed by atoms with Gasteiger partial charge in [0.1, 0.15) is 11.8 Å². The molecule has 2 rings (SSSR count). The minimum atomic E-state index is 0.637. The zero-order valence-corrected chi connectivity index (χ0v) is 11.0. The number of rotatable bonds is 3. The van der Waals surface area contributed by atoms with Gasteiger partial charge in [-0.3, -0.25) is 0 Å². The summed E-state index contributed by atoms with van der Waals surface area (Å²) in [4.78, 5) is 0. The van der Waals surface area contributed by atoms with Crippen molar-refractivity contribution in [3.8, 4) is 17.5 Å². The summed E-state index contributed by atoms with van der Waals surface area (Å²) < 4.78 is 8.19. The first-order valence-corrected chi connectivity index (χ1v) is 5.93. The van der Waals surface area contributed by atoms with Gasteiger partial charge in [-0.1, -0.05) is 6.08 Å². The van der Waals surface area contributed by atoms with E-state index in [1.54, 1.807) is 12.3 Å². The van der Waals surface area contributed by atoms with Crippen LogP contribution in [0.1, 0.15) is 11.3 Å². The van der Waals surface area contributed by atoms with Crippen molar-refractivity contribution in [1.82, 2.24) is 4.57 Å². The molecule has 2 aromatic heterocycles. The molecule has 0 bridgehead atoms. The fourth-order valence-corrected chi connectivity index (χ4v) is 2.63. The van der Waals surface area contributed by atoms with Gasteiger partial charge < -0.3 is 8.98 Å². The number of halogens is 1. The molecule has 0 fully saturated rings. The summed E-state index contributed by atoms with van der Waals surface area (Å²) in [5.41, 5.74) is 2.42. The number of aromatic nitrogens is 1. The summed E-state index contributed by atoms with van der Waals surface area (Å²) in [7, 11) is 0. The fraction of sp³-hybridized carbons (Fsp3) is 0.154. The average molecular weight is 291 g/mol. The van der Waals surface area contributed by atoms with E-state index in [-0.39, 0.29) is 0 Å². The van der Waals surface area contributed by atoms with Gasteiger partial charge in [0, 0.05) is 12.2 Å². The first kappa shape index (κ1) is 11.7. The van der Waals surface area contributed by atoms with E-state index in [1.165, 1.54) is 0 Å². The van der Waals surface area contributed by atoms with E-state index >= 15 is 0 Å². The first-order valence-electron chi connectivity index (χ1n) is 5.14. The van der Waals surface area contributed by atoms with E-state index in [0.29, 0.717) is 12.1 Å². The molecule has 0 saturated heterocycles. The second-order valence-corrected chi connectivity index (χ2v) is 4.40. The maximum absolute atomic E-state index is 9.15. The lowest BCUT2D eigenvalue weighted by atomic mass is 10.2. The van der Waals surface area contributed by atoms with Gasteiger partial charge in [0.15, 0.2) is 5.76 Å². The summed E-state index contributed by atoms with van der Waals surface area (Å²) in [6.07, 6.45) is 3.42. The van der Waals surface area contributed by atoms with E-state index < -0.39 is 0 Å². The van der Waals surface area contributed by atoms with Gasteiger partial charge in [-0.05, 0) is 35.0 Å². The second kappa shape index (κ2) is 4.64. The Bertz CT molecular complexity index is 588. The largest absolute Gasteiger partial charge is 0.463 e. The molecule has 2 aromatic rings. The molecular weight excluding hydrogens is 280 g/mol. The van der Waals surface area contributed by atoms with E-state index in [0.717, 1.165) is 21.6 Å². The number of nitrogens with zero attached hydrogens (tertiary/aromatic N) is 2. The highest BCUT2D eigenvalue weighted by Crippen LogP contribution is 2.35. The minimum Gasteiger partial charge on any atom is -0.463 e. The van der Waals surface area contributed by atoms with Gasteiger partial charge >= 0.3 is 0 Å². The molecule has 0 saturated carbocycles. The van der Waals surface area contributed by atoms with Crippen LogP contribution in [0.15, 0.2) is 39.9 Å². The van der Waals surface area contributed by atoms with Crippen molar-refractivity contribution in [3.05, 3.63) is 46.8 Å². The predicted molar refractivity (Wildman–Crippen MR) is 69.5 cm³/mol. The third-order valence-electron chi connectivity index (χ3n) is 2.64. The van der Waals surface area contributed by atoms with Crippen molar-refractivity contribution in [2.24, 2.45) is 0 Å². The van der Waals surface area contributed by atoms with Crippen LogP contribution in [0, 0.1) is 18.3 Å². The normalized spacial score (nSPS) is 10.2. The van der Waals surface area contributed by atoms with Crippen molar-refractivity contribution in [3.63, 3.8) is 0 Å². The molecule has 0 unspecified atom stereocenters. The summed E-state index contributed by atoms with van der Waals surface area (Å²) in [6, 6.07) is 5.90. The number of nitriles is 1. The zero-order chi connectivity index (χ0) is 12.4. The van der Waals surface area contributed by atoms with E-state index in [9.17, 15) is 0 Å². The maximum Gasteiger partial charge on any atom is 0.151 e. The van der Waals surface area contributed by atoms with Crippen molar-refractivity contribution >= 4 is 15.9 Å². The Hall–Kier alpha value is -1.73. The Morgan fingerprint density at radius 3 is 2.94 bits per heavy atom. The Morgan fingerprint density at radius 1 is 1.65 bits per heavy atom.